The minimum Gasteiger partial charge on any atom is -0.438 e. The molecule has 0 aromatic rings. The fourth-order valence-electron chi connectivity index (χ4n) is 8.92. The number of hydrogen-bond donors (Lipinski definition) is 0. The summed E-state index contributed by atoms with van der Waals surface area (Å²) in [5, 5.41) is 0. The molecule has 192 valence electrons. The Morgan fingerprint density at radius 3 is 2.21 bits per heavy atom. The Bertz CT molecular complexity index is 778. The molecule has 0 amide bonds. The van der Waals surface area contributed by atoms with Crippen LogP contribution in [0.15, 0.2) is 0 Å². The molecule has 4 aliphatic carbocycles. The van der Waals surface area contributed by atoms with Gasteiger partial charge in [0.2, 0.25) is 0 Å². The molecule has 0 aromatic heterocycles. The molecule has 4 saturated carbocycles. The summed E-state index contributed by atoms with van der Waals surface area (Å²) in [5.74, 6) is 3.88. The van der Waals surface area contributed by atoms with Crippen molar-refractivity contribution in [1.29, 1.82) is 0 Å². The highest BCUT2D eigenvalue weighted by Crippen LogP contribution is 2.68. The molecule has 7 nitrogen and oxygen atoms in total. The quantitative estimate of drug-likeness (QED) is 0.347. The van der Waals surface area contributed by atoms with E-state index in [0.717, 1.165) is 37.5 Å². The first-order valence-electron chi connectivity index (χ1n) is 13.1. The molecule has 4 aliphatic rings. The monoisotopic (exact) mass is 478 g/mol. The van der Waals surface area contributed by atoms with Crippen LogP contribution in [0.1, 0.15) is 85.0 Å². The molecule has 0 N–H and O–H groups in total. The highest BCUT2D eigenvalue weighted by Gasteiger charge is 2.60. The maximum atomic E-state index is 12.2. The molecule has 0 saturated heterocycles. The van der Waals surface area contributed by atoms with E-state index < -0.39 is 18.6 Å². The Hall–Kier alpha value is -1.79. The number of fused-ring (bicyclic) bond motifs is 5. The van der Waals surface area contributed by atoms with Gasteiger partial charge in [-0.15, -0.1) is 0 Å². The average Bonchev–Trinajstić information content (AvgIpc) is 3.16. The summed E-state index contributed by atoms with van der Waals surface area (Å²) in [4.78, 5) is 35.6. The summed E-state index contributed by atoms with van der Waals surface area (Å²) in [6.45, 7) is 7.14. The van der Waals surface area contributed by atoms with Gasteiger partial charge >= 0.3 is 12.3 Å². The van der Waals surface area contributed by atoms with Crippen molar-refractivity contribution < 1.29 is 33.3 Å². The van der Waals surface area contributed by atoms with E-state index in [1.54, 1.807) is 0 Å². The average molecular weight is 479 g/mol. The second-order valence-electron chi connectivity index (χ2n) is 11.9. The number of ether oxygens (including phenoxy) is 4. The largest absolute Gasteiger partial charge is 0.511 e. The molecule has 0 unspecified atom stereocenters. The van der Waals surface area contributed by atoms with E-state index >= 15 is 0 Å². The van der Waals surface area contributed by atoms with Gasteiger partial charge in [-0.1, -0.05) is 20.8 Å². The molecule has 0 aliphatic heterocycles. The van der Waals surface area contributed by atoms with Crippen molar-refractivity contribution in [3.05, 3.63) is 0 Å². The van der Waals surface area contributed by atoms with E-state index in [1.807, 2.05) is 0 Å². The van der Waals surface area contributed by atoms with Crippen molar-refractivity contribution in [1.82, 2.24) is 0 Å². The molecule has 4 fully saturated rings. The molecule has 8 atom stereocenters. The molecule has 0 radical (unpaired) electrons. The number of carbonyl (C=O) groups excluding carboxylic acids is 3. The van der Waals surface area contributed by atoms with Gasteiger partial charge in [0.25, 0.3) is 6.29 Å². The lowest BCUT2D eigenvalue weighted by Gasteiger charge is -2.60. The lowest BCUT2D eigenvalue weighted by Crippen LogP contribution is -2.53. The van der Waals surface area contributed by atoms with Crippen molar-refractivity contribution in [3.8, 4) is 0 Å². The van der Waals surface area contributed by atoms with E-state index in [2.05, 4.69) is 30.2 Å². The predicted octanol–water partition coefficient (Wildman–Crippen LogP) is 6.13. The maximum absolute atomic E-state index is 12.2. The fraction of sp³-hybridized carbons (Fsp3) is 0.889. The van der Waals surface area contributed by atoms with Crippen LogP contribution in [-0.4, -0.2) is 38.6 Å². The zero-order valence-electron chi connectivity index (χ0n) is 21.5. The van der Waals surface area contributed by atoms with Crippen molar-refractivity contribution in [3.63, 3.8) is 0 Å². The van der Waals surface area contributed by atoms with Gasteiger partial charge in [0.1, 0.15) is 5.78 Å². The Morgan fingerprint density at radius 2 is 1.56 bits per heavy atom. The number of hydrogen-bond acceptors (Lipinski definition) is 7. The van der Waals surface area contributed by atoms with Crippen molar-refractivity contribution in [2.45, 2.75) is 91.3 Å². The molecule has 0 heterocycles. The van der Waals surface area contributed by atoms with Crippen molar-refractivity contribution in [2.24, 2.45) is 46.3 Å². The number of methoxy groups -OCH3 is 2. The number of rotatable bonds is 5. The second kappa shape index (κ2) is 9.69. The minimum atomic E-state index is -1.02. The summed E-state index contributed by atoms with van der Waals surface area (Å²) in [7, 11) is 2.47. The zero-order chi connectivity index (χ0) is 24.7. The van der Waals surface area contributed by atoms with Crippen molar-refractivity contribution in [2.75, 3.05) is 14.2 Å². The van der Waals surface area contributed by atoms with E-state index in [9.17, 15) is 14.4 Å². The smallest absolute Gasteiger partial charge is 0.438 e. The third-order valence-corrected chi connectivity index (χ3v) is 10.6. The van der Waals surface area contributed by atoms with Crippen LogP contribution in [-0.2, 0) is 23.7 Å². The maximum Gasteiger partial charge on any atom is 0.511 e. The van der Waals surface area contributed by atoms with E-state index in [0.29, 0.717) is 35.4 Å². The van der Waals surface area contributed by atoms with E-state index in [1.165, 1.54) is 46.3 Å². The Morgan fingerprint density at radius 1 is 0.912 bits per heavy atom. The molecule has 7 heteroatoms. The summed E-state index contributed by atoms with van der Waals surface area (Å²) in [6, 6.07) is 0. The molecule has 4 rings (SSSR count). The lowest BCUT2D eigenvalue weighted by atomic mass is 9.44. The minimum absolute atomic E-state index is 0.213. The van der Waals surface area contributed by atoms with Crippen LogP contribution in [0.4, 0.5) is 9.59 Å². The van der Waals surface area contributed by atoms with Gasteiger partial charge in [0.15, 0.2) is 0 Å². The molecular formula is C27H42O7. The highest BCUT2D eigenvalue weighted by atomic mass is 16.8. The summed E-state index contributed by atoms with van der Waals surface area (Å²) >= 11 is 0. The third kappa shape index (κ3) is 4.44. The lowest BCUT2D eigenvalue weighted by molar-refractivity contribution is -0.142. The molecule has 0 aromatic carbocycles. The number of Topliss-reactive ketones (excluding diaryl/α,β-unsaturated/α-hetero) is 1. The van der Waals surface area contributed by atoms with Gasteiger partial charge in [0, 0.05) is 19.3 Å². The first-order chi connectivity index (χ1) is 16.1. The van der Waals surface area contributed by atoms with Gasteiger partial charge < -0.3 is 18.9 Å². The highest BCUT2D eigenvalue weighted by molar-refractivity contribution is 5.79. The fourth-order valence-corrected chi connectivity index (χ4v) is 8.92. The van der Waals surface area contributed by atoms with Crippen LogP contribution in [0.2, 0.25) is 0 Å². The van der Waals surface area contributed by atoms with Crippen LogP contribution in [0.3, 0.4) is 0 Å². The van der Waals surface area contributed by atoms with E-state index in [4.69, 9.17) is 9.47 Å². The molecular weight excluding hydrogens is 436 g/mol. The van der Waals surface area contributed by atoms with Gasteiger partial charge in [-0.3, -0.25) is 4.79 Å². The third-order valence-electron chi connectivity index (χ3n) is 10.6. The first kappa shape index (κ1) is 25.3. The summed E-state index contributed by atoms with van der Waals surface area (Å²) in [6.07, 6.45) is 7.54. The van der Waals surface area contributed by atoms with Gasteiger partial charge in [-0.25, -0.2) is 9.59 Å². The van der Waals surface area contributed by atoms with Crippen LogP contribution in [0.25, 0.3) is 0 Å². The Kier molecular flexibility index (Phi) is 7.21. The normalized spacial score (nSPS) is 39.9. The van der Waals surface area contributed by atoms with Crippen LogP contribution in [0, 0.1) is 46.3 Å². The van der Waals surface area contributed by atoms with Gasteiger partial charge in [0.05, 0.1) is 14.2 Å². The number of carbonyl (C=O) groups is 3. The van der Waals surface area contributed by atoms with Crippen LogP contribution < -0.4 is 0 Å². The molecule has 0 spiro atoms. The van der Waals surface area contributed by atoms with Gasteiger partial charge in [-0.2, -0.15) is 0 Å². The van der Waals surface area contributed by atoms with Crippen molar-refractivity contribution >= 4 is 18.1 Å². The summed E-state index contributed by atoms with van der Waals surface area (Å²) < 4.78 is 19.7. The Balaban J connectivity index is 1.47. The molecule has 0 bridgehead atoms. The molecule has 34 heavy (non-hydrogen) atoms. The standard InChI is InChI=1S/C27H42O7/c1-16(14-23(33-24(29)31-4)34-25(30)32-5)20-8-9-21-19-7-6-17-15-18(28)10-12-26(17,2)22(19)11-13-27(20,21)3/h16-17,19-23H,6-15H2,1-5H3/t16-,17-,19+,20-,21+,22+,26+,27-/m1/s1. The van der Waals surface area contributed by atoms with Crippen LogP contribution >= 0.6 is 0 Å². The Labute approximate surface area is 203 Å². The van der Waals surface area contributed by atoms with E-state index in [-0.39, 0.29) is 11.3 Å². The van der Waals surface area contributed by atoms with Gasteiger partial charge in [-0.05, 0) is 91.3 Å². The van der Waals surface area contributed by atoms with Crippen LogP contribution in [0.5, 0.6) is 0 Å². The number of ketones is 1. The first-order valence-corrected chi connectivity index (χ1v) is 13.1. The summed E-state index contributed by atoms with van der Waals surface area (Å²) in [5.41, 5.74) is 0.547. The SMILES string of the molecule is COC(=O)OC(C[C@@H](C)[C@H]1CC[C@H]2[C@@H]3CC[C@@H]4CC(=O)CC[C@]4(C)[C@H]3CC[C@]12C)OC(=O)OC. The second-order valence-corrected chi connectivity index (χ2v) is 11.9. The predicted molar refractivity (Wildman–Crippen MR) is 125 cm³/mol. The topological polar surface area (TPSA) is 88.1 Å². The zero-order valence-corrected chi connectivity index (χ0v) is 21.5.